The molecule has 0 fully saturated rings. The molecule has 0 spiro atoms. The molecule has 7 heteroatoms. The van der Waals surface area contributed by atoms with Gasteiger partial charge >= 0.3 is 0 Å². The largest absolute Gasteiger partial charge is 0.348 e. The Morgan fingerprint density at radius 2 is 2.09 bits per heavy atom. The first kappa shape index (κ1) is 16.5. The second-order valence-electron chi connectivity index (χ2n) is 5.11. The van der Waals surface area contributed by atoms with Gasteiger partial charge in [0.1, 0.15) is 0 Å². The van der Waals surface area contributed by atoms with E-state index in [2.05, 4.69) is 27.8 Å². The molecule has 1 amide bonds. The van der Waals surface area contributed by atoms with Crippen molar-refractivity contribution in [2.45, 2.75) is 43.1 Å². The van der Waals surface area contributed by atoms with Crippen LogP contribution in [0.15, 0.2) is 35.5 Å². The zero-order valence-corrected chi connectivity index (χ0v) is 13.9. The number of rotatable bonds is 7. The minimum absolute atomic E-state index is 0.00435. The van der Waals surface area contributed by atoms with Crippen LogP contribution in [0.1, 0.15) is 38.3 Å². The molecule has 2 aromatic rings. The molecule has 22 heavy (non-hydrogen) atoms. The highest BCUT2D eigenvalue weighted by atomic mass is 32.2. The maximum absolute atomic E-state index is 12.4. The minimum atomic E-state index is -0.257. The van der Waals surface area contributed by atoms with Gasteiger partial charge in [-0.05, 0) is 29.3 Å². The molecule has 1 heterocycles. The molecule has 0 aliphatic rings. The molecule has 0 aliphatic heterocycles. The number of thioether (sulfide) groups is 1. The summed E-state index contributed by atoms with van der Waals surface area (Å²) < 4.78 is 1.56. The number of aromatic nitrogens is 4. The van der Waals surface area contributed by atoms with E-state index in [1.165, 1.54) is 11.8 Å². The van der Waals surface area contributed by atoms with Crippen LogP contribution in [-0.2, 0) is 11.8 Å². The molecule has 0 unspecified atom stereocenters. The Labute approximate surface area is 134 Å². The summed E-state index contributed by atoms with van der Waals surface area (Å²) in [6, 6.07) is 10.1. The minimum Gasteiger partial charge on any atom is -0.348 e. The molecule has 0 saturated carbocycles. The molecular formula is C15H21N5OS. The van der Waals surface area contributed by atoms with Crippen LogP contribution >= 0.6 is 11.8 Å². The van der Waals surface area contributed by atoms with Gasteiger partial charge in [0.25, 0.3) is 0 Å². The van der Waals surface area contributed by atoms with E-state index >= 15 is 0 Å². The first-order valence-corrected chi connectivity index (χ1v) is 8.24. The van der Waals surface area contributed by atoms with Crippen molar-refractivity contribution < 1.29 is 4.79 Å². The zero-order chi connectivity index (χ0) is 15.9. The van der Waals surface area contributed by atoms with Gasteiger partial charge in [-0.2, -0.15) is 0 Å². The highest BCUT2D eigenvalue weighted by Crippen LogP contribution is 2.22. The summed E-state index contributed by atoms with van der Waals surface area (Å²) in [6.07, 6.45) is 1.92. The summed E-state index contributed by atoms with van der Waals surface area (Å²) in [5.74, 6) is -0.00435. The number of aryl methyl sites for hydroxylation is 1. The summed E-state index contributed by atoms with van der Waals surface area (Å²) in [6.45, 7) is 3.98. The van der Waals surface area contributed by atoms with Crippen LogP contribution in [0.5, 0.6) is 0 Å². The number of hydrogen-bond acceptors (Lipinski definition) is 5. The fourth-order valence-corrected chi connectivity index (χ4v) is 2.88. The molecule has 6 nitrogen and oxygen atoms in total. The maximum Gasteiger partial charge on any atom is 0.233 e. The van der Waals surface area contributed by atoms with Gasteiger partial charge in [0.2, 0.25) is 11.1 Å². The number of amides is 1. The lowest BCUT2D eigenvalue weighted by molar-refractivity contribution is -0.121. The molecule has 0 saturated heterocycles. The fraction of sp³-hybridized carbons (Fsp3) is 0.467. The van der Waals surface area contributed by atoms with Crippen molar-refractivity contribution in [1.82, 2.24) is 25.5 Å². The van der Waals surface area contributed by atoms with Gasteiger partial charge in [0.05, 0.1) is 11.3 Å². The third-order valence-electron chi connectivity index (χ3n) is 3.33. The van der Waals surface area contributed by atoms with Gasteiger partial charge in [-0.3, -0.25) is 4.79 Å². The van der Waals surface area contributed by atoms with E-state index in [0.29, 0.717) is 5.16 Å². The number of tetrazole rings is 1. The second-order valence-corrected chi connectivity index (χ2v) is 6.41. The third kappa shape index (κ3) is 4.30. The Morgan fingerprint density at radius 3 is 2.68 bits per heavy atom. The highest BCUT2D eigenvalue weighted by Gasteiger charge is 2.21. The van der Waals surface area contributed by atoms with Crippen molar-refractivity contribution >= 4 is 17.7 Å². The van der Waals surface area contributed by atoms with Crippen LogP contribution in [0.3, 0.4) is 0 Å². The first-order valence-electron chi connectivity index (χ1n) is 7.36. The number of nitrogens with one attached hydrogen (secondary N) is 1. The molecule has 2 rings (SSSR count). The normalized spacial score (nSPS) is 13.6. The standard InChI is InChI=1S/C15H21N5OS/c1-4-8-13(12-9-6-5-7-10-12)16-14(21)11(2)22-15-17-18-19-20(15)3/h5-7,9-11,13H,4,8H2,1-3H3,(H,16,21)/t11-,13+/m1/s1. The number of hydrogen-bond donors (Lipinski definition) is 1. The van der Waals surface area contributed by atoms with Crippen LogP contribution in [0.25, 0.3) is 0 Å². The van der Waals surface area contributed by atoms with E-state index in [1.54, 1.807) is 11.7 Å². The van der Waals surface area contributed by atoms with Gasteiger partial charge in [0.15, 0.2) is 0 Å². The molecule has 1 aromatic heterocycles. The van der Waals surface area contributed by atoms with Gasteiger partial charge in [-0.25, -0.2) is 4.68 Å². The van der Waals surface area contributed by atoms with Crippen molar-refractivity contribution in [2.75, 3.05) is 0 Å². The van der Waals surface area contributed by atoms with Gasteiger partial charge < -0.3 is 5.32 Å². The lowest BCUT2D eigenvalue weighted by Gasteiger charge is -2.20. The monoisotopic (exact) mass is 319 g/mol. The van der Waals surface area contributed by atoms with E-state index in [-0.39, 0.29) is 17.2 Å². The van der Waals surface area contributed by atoms with E-state index in [4.69, 9.17) is 0 Å². The molecule has 1 aromatic carbocycles. The maximum atomic E-state index is 12.4. The Kier molecular flexibility index (Phi) is 5.94. The summed E-state index contributed by atoms with van der Waals surface area (Å²) in [5, 5.41) is 14.8. The zero-order valence-electron chi connectivity index (χ0n) is 13.1. The van der Waals surface area contributed by atoms with Crippen molar-refractivity contribution in [3.8, 4) is 0 Å². The van der Waals surface area contributed by atoms with Crippen molar-refractivity contribution in [2.24, 2.45) is 7.05 Å². The van der Waals surface area contributed by atoms with E-state index < -0.39 is 0 Å². The van der Waals surface area contributed by atoms with E-state index in [0.717, 1.165) is 18.4 Å². The Morgan fingerprint density at radius 1 is 1.36 bits per heavy atom. The molecular weight excluding hydrogens is 298 g/mol. The average molecular weight is 319 g/mol. The van der Waals surface area contributed by atoms with Crippen LogP contribution in [0, 0.1) is 0 Å². The number of benzene rings is 1. The second kappa shape index (κ2) is 7.93. The molecule has 0 radical (unpaired) electrons. The van der Waals surface area contributed by atoms with Gasteiger partial charge in [0, 0.05) is 7.05 Å². The first-order chi connectivity index (χ1) is 10.6. The van der Waals surface area contributed by atoms with Gasteiger partial charge in [-0.15, -0.1) is 5.10 Å². The van der Waals surface area contributed by atoms with Crippen LogP contribution in [0.2, 0.25) is 0 Å². The third-order valence-corrected chi connectivity index (χ3v) is 4.45. The highest BCUT2D eigenvalue weighted by molar-refractivity contribution is 8.00. The van der Waals surface area contributed by atoms with Crippen LogP contribution in [0.4, 0.5) is 0 Å². The molecule has 0 aliphatic carbocycles. The molecule has 2 atom stereocenters. The predicted octanol–water partition coefficient (Wildman–Crippen LogP) is 2.35. The topological polar surface area (TPSA) is 72.7 Å². The average Bonchev–Trinajstić information content (AvgIpc) is 2.92. The lowest BCUT2D eigenvalue weighted by atomic mass is 10.0. The van der Waals surface area contributed by atoms with E-state index in [9.17, 15) is 4.79 Å². The smallest absolute Gasteiger partial charge is 0.233 e. The Bertz CT molecular complexity index is 601. The predicted molar refractivity (Wildman–Crippen MR) is 86.4 cm³/mol. The summed E-state index contributed by atoms with van der Waals surface area (Å²) in [5.41, 5.74) is 1.13. The van der Waals surface area contributed by atoms with Crippen molar-refractivity contribution in [1.29, 1.82) is 0 Å². The lowest BCUT2D eigenvalue weighted by Crippen LogP contribution is -2.34. The van der Waals surface area contributed by atoms with E-state index in [1.807, 2.05) is 37.3 Å². The Balaban J connectivity index is 2.00. The summed E-state index contributed by atoms with van der Waals surface area (Å²) in [4.78, 5) is 12.4. The Hall–Kier alpha value is -1.89. The van der Waals surface area contributed by atoms with Crippen molar-refractivity contribution in [3.63, 3.8) is 0 Å². The van der Waals surface area contributed by atoms with Crippen LogP contribution < -0.4 is 5.32 Å². The number of nitrogens with zero attached hydrogens (tertiary/aromatic N) is 4. The van der Waals surface area contributed by atoms with Gasteiger partial charge in [-0.1, -0.05) is 55.4 Å². The quantitative estimate of drug-likeness (QED) is 0.793. The SMILES string of the molecule is CCC[C@H](NC(=O)[C@@H](C)Sc1nnnn1C)c1ccccc1. The van der Waals surface area contributed by atoms with Crippen LogP contribution in [-0.4, -0.2) is 31.4 Å². The molecule has 118 valence electrons. The number of carbonyl (C=O) groups excluding carboxylic acids is 1. The summed E-state index contributed by atoms with van der Waals surface area (Å²) in [7, 11) is 1.76. The summed E-state index contributed by atoms with van der Waals surface area (Å²) >= 11 is 1.36. The van der Waals surface area contributed by atoms with Crippen molar-refractivity contribution in [3.05, 3.63) is 35.9 Å². The molecule has 1 N–H and O–H groups in total. The fourth-order valence-electron chi connectivity index (χ4n) is 2.12. The molecule has 0 bridgehead atoms. The number of carbonyl (C=O) groups is 1.